The third kappa shape index (κ3) is 2.74. The number of hydrogen-bond acceptors (Lipinski definition) is 4. The molecule has 0 spiro atoms. The molecule has 1 heterocycles. The number of hydrogen-bond donors (Lipinski definition) is 1. The maximum Gasteiger partial charge on any atom is 0.185 e. The third-order valence-electron chi connectivity index (χ3n) is 3.06. The Kier molecular flexibility index (Phi) is 4.74. The monoisotopic (exact) mass is 241 g/mol. The first-order valence-corrected chi connectivity index (χ1v) is 6.75. The maximum atomic E-state index is 5.78. The molecule has 0 saturated heterocycles. The lowest BCUT2D eigenvalue weighted by atomic mass is 10.0. The van der Waals surface area contributed by atoms with Crippen LogP contribution in [0, 0.1) is 0 Å². The summed E-state index contributed by atoms with van der Waals surface area (Å²) in [5, 5.41) is 1.09. The summed E-state index contributed by atoms with van der Waals surface area (Å²) in [5.41, 5.74) is 6.98. The van der Waals surface area contributed by atoms with Crippen molar-refractivity contribution in [1.29, 1.82) is 0 Å². The molecule has 16 heavy (non-hydrogen) atoms. The summed E-state index contributed by atoms with van der Waals surface area (Å²) < 4.78 is 0. The van der Waals surface area contributed by atoms with Gasteiger partial charge in [-0.05, 0) is 26.2 Å². The van der Waals surface area contributed by atoms with E-state index in [1.165, 1.54) is 10.6 Å². The lowest BCUT2D eigenvalue weighted by Gasteiger charge is -2.20. The molecule has 2 N–H and O–H groups in total. The van der Waals surface area contributed by atoms with Gasteiger partial charge in [-0.15, -0.1) is 11.3 Å². The fraction of sp³-hybridized carbons (Fsp3) is 0.750. The van der Waals surface area contributed by atoms with Crippen LogP contribution in [0.5, 0.6) is 0 Å². The molecular formula is C12H23N3S. The minimum absolute atomic E-state index is 0.474. The highest BCUT2D eigenvalue weighted by molar-refractivity contribution is 7.15. The molecule has 1 unspecified atom stereocenters. The smallest absolute Gasteiger partial charge is 0.185 e. The predicted molar refractivity (Wildman–Crippen MR) is 72.3 cm³/mol. The number of aromatic nitrogens is 1. The fourth-order valence-corrected chi connectivity index (χ4v) is 2.60. The Hall–Kier alpha value is -0.610. The Morgan fingerprint density at radius 3 is 2.44 bits per heavy atom. The second kappa shape index (κ2) is 5.64. The summed E-state index contributed by atoms with van der Waals surface area (Å²) >= 11 is 1.73. The number of rotatable bonds is 5. The largest absolute Gasteiger partial charge is 0.349 e. The molecule has 92 valence electrons. The highest BCUT2D eigenvalue weighted by Gasteiger charge is 2.17. The third-order valence-corrected chi connectivity index (χ3v) is 4.24. The molecule has 0 aliphatic rings. The van der Waals surface area contributed by atoms with E-state index in [2.05, 4.69) is 39.6 Å². The first-order chi connectivity index (χ1) is 7.51. The van der Waals surface area contributed by atoms with Crippen LogP contribution in [0.3, 0.4) is 0 Å². The van der Waals surface area contributed by atoms with Crippen molar-refractivity contribution < 1.29 is 0 Å². The van der Waals surface area contributed by atoms with Gasteiger partial charge in [0.2, 0.25) is 0 Å². The van der Waals surface area contributed by atoms with E-state index in [1.807, 2.05) is 0 Å². The zero-order valence-corrected chi connectivity index (χ0v) is 11.8. The first-order valence-electron chi connectivity index (χ1n) is 5.93. The van der Waals surface area contributed by atoms with Crippen molar-refractivity contribution in [2.45, 2.75) is 52.6 Å². The van der Waals surface area contributed by atoms with Crippen LogP contribution < -0.4 is 10.6 Å². The van der Waals surface area contributed by atoms with Gasteiger partial charge in [0.1, 0.15) is 0 Å². The minimum Gasteiger partial charge on any atom is -0.349 e. The molecule has 0 bridgehead atoms. The van der Waals surface area contributed by atoms with Gasteiger partial charge in [0.15, 0.2) is 5.13 Å². The van der Waals surface area contributed by atoms with Crippen LogP contribution in [0.2, 0.25) is 0 Å². The van der Waals surface area contributed by atoms with Gasteiger partial charge >= 0.3 is 0 Å². The van der Waals surface area contributed by atoms with Gasteiger partial charge in [-0.25, -0.2) is 4.98 Å². The number of nitrogens with zero attached hydrogens (tertiary/aromatic N) is 2. The van der Waals surface area contributed by atoms with Crippen LogP contribution in [0.25, 0.3) is 0 Å². The topological polar surface area (TPSA) is 42.2 Å². The molecule has 1 aromatic rings. The average Bonchev–Trinajstić information content (AvgIpc) is 2.70. The van der Waals surface area contributed by atoms with Crippen molar-refractivity contribution in [2.75, 3.05) is 11.9 Å². The van der Waals surface area contributed by atoms with Gasteiger partial charge in [0, 0.05) is 24.5 Å². The average molecular weight is 241 g/mol. The lowest BCUT2D eigenvalue weighted by molar-refractivity contribution is 0.696. The molecular weight excluding hydrogens is 218 g/mol. The van der Waals surface area contributed by atoms with Gasteiger partial charge < -0.3 is 10.6 Å². The zero-order valence-electron chi connectivity index (χ0n) is 10.9. The SMILES string of the molecule is CCC(C)c1nc(N(C)C(C)C)sc1CN. The molecule has 1 aromatic heterocycles. The molecule has 1 rings (SSSR count). The standard InChI is InChI=1S/C12H23N3S/c1-6-9(4)11-10(7-13)16-12(14-11)15(5)8(2)3/h8-9H,6-7,13H2,1-5H3. The normalized spacial score (nSPS) is 13.2. The molecule has 3 nitrogen and oxygen atoms in total. The van der Waals surface area contributed by atoms with E-state index in [0.29, 0.717) is 18.5 Å². The summed E-state index contributed by atoms with van der Waals surface area (Å²) in [6, 6.07) is 0.474. The van der Waals surface area contributed by atoms with Gasteiger partial charge in [-0.3, -0.25) is 0 Å². The maximum absolute atomic E-state index is 5.78. The first kappa shape index (κ1) is 13.5. The predicted octanol–water partition coefficient (Wildman–Crippen LogP) is 2.96. The van der Waals surface area contributed by atoms with Crippen molar-refractivity contribution in [1.82, 2.24) is 4.98 Å². The number of thiazole rings is 1. The van der Waals surface area contributed by atoms with Crippen LogP contribution in [-0.2, 0) is 6.54 Å². The summed E-state index contributed by atoms with van der Waals surface area (Å²) in [6.07, 6.45) is 1.11. The van der Waals surface area contributed by atoms with Gasteiger partial charge in [0.05, 0.1) is 5.69 Å². The summed E-state index contributed by atoms with van der Waals surface area (Å²) in [5.74, 6) is 0.504. The van der Waals surface area contributed by atoms with E-state index in [9.17, 15) is 0 Å². The molecule has 4 heteroatoms. The van der Waals surface area contributed by atoms with Crippen LogP contribution in [-0.4, -0.2) is 18.1 Å². The Morgan fingerprint density at radius 1 is 1.38 bits per heavy atom. The van der Waals surface area contributed by atoms with Crippen LogP contribution in [0.1, 0.15) is 50.6 Å². The quantitative estimate of drug-likeness (QED) is 0.862. The van der Waals surface area contributed by atoms with E-state index in [4.69, 9.17) is 10.7 Å². The van der Waals surface area contributed by atoms with Crippen molar-refractivity contribution in [2.24, 2.45) is 5.73 Å². The van der Waals surface area contributed by atoms with Gasteiger partial charge in [0.25, 0.3) is 0 Å². The van der Waals surface area contributed by atoms with E-state index in [1.54, 1.807) is 11.3 Å². The zero-order chi connectivity index (χ0) is 12.3. The number of anilines is 1. The van der Waals surface area contributed by atoms with E-state index in [0.717, 1.165) is 11.6 Å². The van der Waals surface area contributed by atoms with Crippen LogP contribution in [0.4, 0.5) is 5.13 Å². The Balaban J connectivity index is 3.02. The molecule has 0 radical (unpaired) electrons. The molecule has 0 fully saturated rings. The van der Waals surface area contributed by atoms with Gasteiger partial charge in [-0.1, -0.05) is 13.8 Å². The van der Waals surface area contributed by atoms with Crippen molar-refractivity contribution in [3.63, 3.8) is 0 Å². The fourth-order valence-electron chi connectivity index (χ4n) is 1.45. The highest BCUT2D eigenvalue weighted by Crippen LogP contribution is 2.31. The van der Waals surface area contributed by atoms with Crippen LogP contribution in [0.15, 0.2) is 0 Å². The second-order valence-corrected chi connectivity index (χ2v) is 5.59. The Morgan fingerprint density at radius 2 is 2.00 bits per heavy atom. The van der Waals surface area contributed by atoms with E-state index < -0.39 is 0 Å². The molecule has 1 atom stereocenters. The van der Waals surface area contributed by atoms with Crippen LogP contribution >= 0.6 is 11.3 Å². The lowest BCUT2D eigenvalue weighted by Crippen LogP contribution is -2.25. The second-order valence-electron chi connectivity index (χ2n) is 4.52. The van der Waals surface area contributed by atoms with Gasteiger partial charge in [-0.2, -0.15) is 0 Å². The molecule has 0 aliphatic carbocycles. The van der Waals surface area contributed by atoms with Crippen molar-refractivity contribution in [3.8, 4) is 0 Å². The minimum atomic E-state index is 0.474. The Labute approximate surface area is 103 Å². The Bertz CT molecular complexity index is 333. The van der Waals surface area contributed by atoms with Crippen molar-refractivity contribution >= 4 is 16.5 Å². The highest BCUT2D eigenvalue weighted by atomic mass is 32.1. The van der Waals surface area contributed by atoms with E-state index in [-0.39, 0.29) is 0 Å². The number of nitrogens with two attached hydrogens (primary N) is 1. The molecule has 0 aliphatic heterocycles. The molecule has 0 aromatic carbocycles. The van der Waals surface area contributed by atoms with Crippen molar-refractivity contribution in [3.05, 3.63) is 10.6 Å². The summed E-state index contributed by atoms with van der Waals surface area (Å²) in [7, 11) is 2.09. The van der Waals surface area contributed by atoms with E-state index >= 15 is 0 Å². The summed E-state index contributed by atoms with van der Waals surface area (Å²) in [6.45, 7) is 9.35. The molecule has 0 saturated carbocycles. The molecule has 0 amide bonds. The summed E-state index contributed by atoms with van der Waals surface area (Å²) in [4.78, 5) is 8.17.